The summed E-state index contributed by atoms with van der Waals surface area (Å²) in [6.07, 6.45) is 8.22. The first-order valence-electron chi connectivity index (χ1n) is 9.77. The molecule has 30 heavy (non-hydrogen) atoms. The molecule has 0 aliphatic heterocycles. The Hall–Kier alpha value is -2.49. The molecule has 7 nitrogen and oxygen atoms in total. The molecule has 1 aromatic carbocycles. The number of para-hydroxylation sites is 1. The molecule has 2 N–H and O–H groups in total. The van der Waals surface area contributed by atoms with Gasteiger partial charge in [-0.3, -0.25) is 0 Å². The molecule has 1 aliphatic carbocycles. The maximum Gasteiger partial charge on any atom is 0.219 e. The van der Waals surface area contributed by atoms with E-state index in [0.29, 0.717) is 35.7 Å². The van der Waals surface area contributed by atoms with Crippen LogP contribution >= 0.6 is 24.0 Å². The first kappa shape index (κ1) is 23.8. The normalized spacial score (nSPS) is 13.5. The van der Waals surface area contributed by atoms with E-state index in [0.717, 1.165) is 30.9 Å². The van der Waals surface area contributed by atoms with Gasteiger partial charge in [-0.15, -0.1) is 24.0 Å². The van der Waals surface area contributed by atoms with Crippen molar-refractivity contribution in [2.75, 3.05) is 20.8 Å². The molecule has 0 amide bonds. The molecule has 3 rings (SSSR count). The summed E-state index contributed by atoms with van der Waals surface area (Å²) >= 11 is 0. The number of nitrogens with zero attached hydrogens (tertiary/aromatic N) is 2. The maximum atomic E-state index is 5.90. The van der Waals surface area contributed by atoms with Crippen LogP contribution in [0.2, 0.25) is 0 Å². The maximum absolute atomic E-state index is 5.90. The highest BCUT2D eigenvalue weighted by molar-refractivity contribution is 14.0. The Bertz CT molecular complexity index is 826. The summed E-state index contributed by atoms with van der Waals surface area (Å²) in [6, 6.07) is 9.66. The second-order valence-electron chi connectivity index (χ2n) is 6.58. The molecule has 2 aromatic rings. The Kier molecular flexibility index (Phi) is 9.72. The van der Waals surface area contributed by atoms with Crippen molar-refractivity contribution in [1.29, 1.82) is 0 Å². The third kappa shape index (κ3) is 6.51. The zero-order valence-corrected chi connectivity index (χ0v) is 19.9. The monoisotopic (exact) mass is 524 g/mol. The minimum Gasteiger partial charge on any atom is -0.493 e. The second-order valence-corrected chi connectivity index (χ2v) is 6.58. The first-order chi connectivity index (χ1) is 14.2. The Labute approximate surface area is 195 Å². The third-order valence-electron chi connectivity index (χ3n) is 4.50. The van der Waals surface area contributed by atoms with Crippen molar-refractivity contribution in [3.63, 3.8) is 0 Å². The summed E-state index contributed by atoms with van der Waals surface area (Å²) in [4.78, 5) is 9.06. The number of rotatable bonds is 8. The van der Waals surface area contributed by atoms with Crippen molar-refractivity contribution in [3.05, 3.63) is 54.2 Å². The topological polar surface area (TPSA) is 77.0 Å². The zero-order chi connectivity index (χ0) is 20.5. The Morgan fingerprint density at radius 3 is 2.37 bits per heavy atom. The minimum atomic E-state index is 0. The lowest BCUT2D eigenvalue weighted by molar-refractivity contribution is 0.342. The quantitative estimate of drug-likeness (QED) is 0.232. The zero-order valence-electron chi connectivity index (χ0n) is 17.6. The number of methoxy groups -OCH3 is 2. The van der Waals surface area contributed by atoms with Crippen molar-refractivity contribution in [2.24, 2.45) is 4.99 Å². The molecular formula is C22H29IN4O3. The van der Waals surface area contributed by atoms with E-state index in [1.165, 1.54) is 0 Å². The predicted molar refractivity (Wildman–Crippen MR) is 129 cm³/mol. The Morgan fingerprint density at radius 1 is 1.10 bits per heavy atom. The molecule has 1 aliphatic rings. The van der Waals surface area contributed by atoms with Crippen molar-refractivity contribution >= 4 is 29.9 Å². The number of aliphatic imine (C=N–C) groups is 1. The van der Waals surface area contributed by atoms with Crippen molar-refractivity contribution in [1.82, 2.24) is 15.6 Å². The van der Waals surface area contributed by atoms with Crippen LogP contribution in [0, 0.1) is 0 Å². The van der Waals surface area contributed by atoms with Crippen LogP contribution < -0.4 is 24.8 Å². The summed E-state index contributed by atoms with van der Waals surface area (Å²) in [5, 5.41) is 6.75. The van der Waals surface area contributed by atoms with Gasteiger partial charge in [-0.05, 0) is 37.5 Å². The number of ether oxygens (including phenoxy) is 3. The number of hydrogen-bond donors (Lipinski definition) is 2. The lowest BCUT2D eigenvalue weighted by Crippen LogP contribution is -2.42. The largest absolute Gasteiger partial charge is 0.493 e. The smallest absolute Gasteiger partial charge is 0.219 e. The van der Waals surface area contributed by atoms with Gasteiger partial charge >= 0.3 is 0 Å². The highest BCUT2D eigenvalue weighted by Crippen LogP contribution is 2.39. The molecule has 8 heteroatoms. The Balaban J connectivity index is 0.00000320. The van der Waals surface area contributed by atoms with Crippen LogP contribution in [0.1, 0.15) is 25.3 Å². The molecule has 0 spiro atoms. The number of hydrogen-bond acceptors (Lipinski definition) is 5. The second kappa shape index (κ2) is 12.3. The number of guanidine groups is 1. The third-order valence-corrected chi connectivity index (χ3v) is 4.50. The van der Waals surface area contributed by atoms with Crippen molar-refractivity contribution in [2.45, 2.75) is 32.4 Å². The van der Waals surface area contributed by atoms with Gasteiger partial charge in [0.15, 0.2) is 17.5 Å². The summed E-state index contributed by atoms with van der Waals surface area (Å²) in [5.41, 5.74) is 0.992. The number of halogens is 1. The molecule has 1 aromatic heterocycles. The molecule has 0 bridgehead atoms. The van der Waals surface area contributed by atoms with Crippen LogP contribution in [0.3, 0.4) is 0 Å². The van der Waals surface area contributed by atoms with Gasteiger partial charge in [0.05, 0.1) is 20.8 Å². The molecule has 162 valence electrons. The average Bonchev–Trinajstić information content (AvgIpc) is 3.26. The minimum absolute atomic E-state index is 0. The van der Waals surface area contributed by atoms with Crippen LogP contribution in [0.4, 0.5) is 0 Å². The van der Waals surface area contributed by atoms with Gasteiger partial charge in [-0.25, -0.2) is 9.98 Å². The van der Waals surface area contributed by atoms with Gasteiger partial charge in [-0.2, -0.15) is 0 Å². The fourth-order valence-electron chi connectivity index (χ4n) is 3.01. The van der Waals surface area contributed by atoms with E-state index >= 15 is 0 Å². The van der Waals surface area contributed by atoms with Gasteiger partial charge < -0.3 is 24.8 Å². The molecule has 0 atom stereocenters. The van der Waals surface area contributed by atoms with Crippen LogP contribution in [-0.2, 0) is 6.54 Å². The van der Waals surface area contributed by atoms with Crippen LogP contribution in [0.15, 0.2) is 53.7 Å². The average molecular weight is 524 g/mol. The molecule has 0 saturated heterocycles. The lowest BCUT2D eigenvalue weighted by Gasteiger charge is -2.16. The Morgan fingerprint density at radius 2 is 1.80 bits per heavy atom. The van der Waals surface area contributed by atoms with Crippen molar-refractivity contribution in [3.8, 4) is 23.1 Å². The van der Waals surface area contributed by atoms with Crippen LogP contribution in [0.25, 0.3) is 0 Å². The number of aromatic nitrogens is 1. The van der Waals surface area contributed by atoms with Gasteiger partial charge in [0.1, 0.15) is 0 Å². The summed E-state index contributed by atoms with van der Waals surface area (Å²) in [5.74, 6) is 2.95. The fraction of sp³-hybridized carbons (Fsp3) is 0.364. The van der Waals surface area contributed by atoms with Gasteiger partial charge in [0.2, 0.25) is 11.6 Å². The molecule has 0 fully saturated rings. The number of pyridine rings is 1. The van der Waals surface area contributed by atoms with E-state index in [4.69, 9.17) is 14.2 Å². The van der Waals surface area contributed by atoms with Crippen LogP contribution in [-0.4, -0.2) is 37.7 Å². The molecule has 0 radical (unpaired) electrons. The fourth-order valence-corrected chi connectivity index (χ4v) is 3.01. The number of benzene rings is 1. The predicted octanol–water partition coefficient (Wildman–Crippen LogP) is 4.28. The van der Waals surface area contributed by atoms with Crippen LogP contribution in [0.5, 0.6) is 23.1 Å². The standard InChI is InChI=1S/C22H28N4O3.HI/c1-4-23-22(26-17-8-5-6-9-17)25-15-16-12-13-20(24-14-16)29-21-18(27-2)10-7-11-19(21)28-3;/h5-7,10-14,17H,4,8-9,15H2,1-3H3,(H2,23,25,26);1H. The highest BCUT2D eigenvalue weighted by Gasteiger charge is 2.13. The molecular weight excluding hydrogens is 495 g/mol. The highest BCUT2D eigenvalue weighted by atomic mass is 127. The van der Waals surface area contributed by atoms with Gasteiger partial charge in [0.25, 0.3) is 0 Å². The van der Waals surface area contributed by atoms with Crippen molar-refractivity contribution < 1.29 is 14.2 Å². The van der Waals surface area contributed by atoms with E-state index in [1.807, 2.05) is 30.3 Å². The summed E-state index contributed by atoms with van der Waals surface area (Å²) < 4.78 is 16.6. The lowest BCUT2D eigenvalue weighted by atomic mass is 10.2. The summed E-state index contributed by atoms with van der Waals surface area (Å²) in [6.45, 7) is 3.41. The molecule has 0 saturated carbocycles. The van der Waals surface area contributed by atoms with Gasteiger partial charge in [0, 0.05) is 24.8 Å². The summed E-state index contributed by atoms with van der Waals surface area (Å²) in [7, 11) is 3.18. The SMILES string of the molecule is CCNC(=NCc1ccc(Oc2c(OC)cccc2OC)nc1)NC1CC=CC1.I. The first-order valence-corrected chi connectivity index (χ1v) is 9.77. The van der Waals surface area contributed by atoms with E-state index in [1.54, 1.807) is 20.4 Å². The number of nitrogens with one attached hydrogen (secondary N) is 2. The van der Waals surface area contributed by atoms with Gasteiger partial charge in [-0.1, -0.05) is 24.3 Å². The van der Waals surface area contributed by atoms with E-state index in [-0.39, 0.29) is 24.0 Å². The molecule has 0 unspecified atom stereocenters. The van der Waals surface area contributed by atoms with E-state index in [2.05, 4.69) is 39.7 Å². The van der Waals surface area contributed by atoms with E-state index in [9.17, 15) is 0 Å². The molecule has 1 heterocycles. The van der Waals surface area contributed by atoms with E-state index < -0.39 is 0 Å².